The van der Waals surface area contributed by atoms with Crippen molar-refractivity contribution in [1.29, 1.82) is 0 Å². The summed E-state index contributed by atoms with van der Waals surface area (Å²) in [7, 11) is 0. The SMILES string of the molecule is CCCCCCCCCc1ccccc1N(CCCCCCCCC)c1ccccc1.CCCCCCCCN(c1ccccc1)c1ccccc1. The first-order valence-corrected chi connectivity index (χ1v) is 21.6. The molecule has 4 aromatic carbocycles. The quantitative estimate of drug-likeness (QED) is 0.0571. The highest BCUT2D eigenvalue weighted by molar-refractivity contribution is 5.66. The lowest BCUT2D eigenvalue weighted by Gasteiger charge is -2.27. The van der Waals surface area contributed by atoms with E-state index in [9.17, 15) is 0 Å². The molecule has 4 rings (SSSR count). The molecular weight excluding hydrogens is 629 g/mol. The summed E-state index contributed by atoms with van der Waals surface area (Å²) in [6.07, 6.45) is 28.3. The van der Waals surface area contributed by atoms with Crippen LogP contribution >= 0.6 is 0 Å². The molecule has 0 spiro atoms. The van der Waals surface area contributed by atoms with Gasteiger partial charge in [-0.3, -0.25) is 0 Å². The van der Waals surface area contributed by atoms with Crippen LogP contribution in [0.4, 0.5) is 22.7 Å². The van der Waals surface area contributed by atoms with Crippen molar-refractivity contribution in [1.82, 2.24) is 0 Å². The van der Waals surface area contributed by atoms with Gasteiger partial charge in [0.1, 0.15) is 0 Å². The number of hydrogen-bond acceptors (Lipinski definition) is 2. The topological polar surface area (TPSA) is 6.48 Å². The van der Waals surface area contributed by atoms with Gasteiger partial charge in [0, 0.05) is 35.8 Å². The van der Waals surface area contributed by atoms with Crippen molar-refractivity contribution in [2.45, 2.75) is 156 Å². The molecule has 0 aliphatic rings. The Morgan fingerprint density at radius 2 is 0.635 bits per heavy atom. The molecule has 52 heavy (non-hydrogen) atoms. The van der Waals surface area contributed by atoms with E-state index >= 15 is 0 Å². The third kappa shape index (κ3) is 17.8. The van der Waals surface area contributed by atoms with E-state index in [-0.39, 0.29) is 0 Å². The fraction of sp³-hybridized carbons (Fsp3) is 0.520. The largest absolute Gasteiger partial charge is 0.341 e. The van der Waals surface area contributed by atoms with Crippen LogP contribution in [0.1, 0.15) is 155 Å². The van der Waals surface area contributed by atoms with E-state index in [1.54, 1.807) is 0 Å². The van der Waals surface area contributed by atoms with Gasteiger partial charge in [-0.1, -0.05) is 203 Å². The van der Waals surface area contributed by atoms with E-state index in [0.717, 1.165) is 13.1 Å². The van der Waals surface area contributed by atoms with Crippen molar-refractivity contribution in [2.24, 2.45) is 0 Å². The zero-order valence-corrected chi connectivity index (χ0v) is 33.6. The molecule has 0 unspecified atom stereocenters. The van der Waals surface area contributed by atoms with E-state index in [0.29, 0.717) is 0 Å². The van der Waals surface area contributed by atoms with Gasteiger partial charge in [0.05, 0.1) is 0 Å². The van der Waals surface area contributed by atoms with Gasteiger partial charge >= 0.3 is 0 Å². The Kier molecular flexibility index (Phi) is 23.9. The highest BCUT2D eigenvalue weighted by atomic mass is 15.1. The monoisotopic (exact) mass is 703 g/mol. The van der Waals surface area contributed by atoms with Crippen LogP contribution in [0.25, 0.3) is 0 Å². The average molecular weight is 703 g/mol. The van der Waals surface area contributed by atoms with Crippen LogP contribution < -0.4 is 9.80 Å². The highest BCUT2D eigenvalue weighted by Gasteiger charge is 2.13. The molecule has 0 amide bonds. The highest BCUT2D eigenvalue weighted by Crippen LogP contribution is 2.31. The van der Waals surface area contributed by atoms with Crippen molar-refractivity contribution < 1.29 is 0 Å². The summed E-state index contributed by atoms with van der Waals surface area (Å²) in [6, 6.07) is 41.6. The lowest BCUT2D eigenvalue weighted by atomic mass is 10.0. The first-order chi connectivity index (χ1) is 25.8. The minimum Gasteiger partial charge on any atom is -0.341 e. The second kappa shape index (κ2) is 29.0. The predicted molar refractivity (Wildman–Crippen MR) is 233 cm³/mol. The van der Waals surface area contributed by atoms with Crippen molar-refractivity contribution >= 4 is 22.7 Å². The predicted octanol–water partition coefficient (Wildman–Crippen LogP) is 16.1. The number of anilines is 4. The molecule has 0 aliphatic heterocycles. The Labute approximate surface area is 321 Å². The number of unbranched alkanes of at least 4 members (excludes halogenated alkanes) is 17. The Bertz CT molecular complexity index is 1310. The van der Waals surface area contributed by atoms with Crippen molar-refractivity contribution in [3.8, 4) is 0 Å². The van der Waals surface area contributed by atoms with Crippen molar-refractivity contribution in [3.63, 3.8) is 0 Å². The number of aryl methyl sites for hydroxylation is 1. The molecule has 0 saturated carbocycles. The number of benzene rings is 4. The minimum absolute atomic E-state index is 1.10. The molecule has 0 aliphatic carbocycles. The van der Waals surface area contributed by atoms with Gasteiger partial charge in [-0.15, -0.1) is 0 Å². The summed E-state index contributed by atoms with van der Waals surface area (Å²) in [5, 5.41) is 0. The second-order valence-electron chi connectivity index (χ2n) is 14.7. The van der Waals surface area contributed by atoms with Crippen LogP contribution in [-0.2, 0) is 6.42 Å². The fourth-order valence-corrected chi connectivity index (χ4v) is 7.16. The summed E-state index contributed by atoms with van der Waals surface area (Å²) in [4.78, 5) is 5.00. The smallest absolute Gasteiger partial charge is 0.0443 e. The van der Waals surface area contributed by atoms with Crippen molar-refractivity contribution in [3.05, 3.63) is 121 Å². The zero-order valence-electron chi connectivity index (χ0n) is 33.6. The molecule has 0 atom stereocenters. The maximum Gasteiger partial charge on any atom is 0.0443 e. The average Bonchev–Trinajstić information content (AvgIpc) is 3.20. The summed E-state index contributed by atoms with van der Waals surface area (Å²) >= 11 is 0. The Hall–Kier alpha value is -3.52. The van der Waals surface area contributed by atoms with Gasteiger partial charge < -0.3 is 9.80 Å². The molecule has 284 valence electrons. The maximum atomic E-state index is 2.57. The standard InChI is InChI=1S/C30H47N.C20H27N/c1-3-5-7-9-11-13-16-22-28-23-19-20-26-30(28)31(29-24-17-15-18-25-29)27-21-14-12-10-8-6-4-2;1-2-3-4-5-6-13-18-21(19-14-9-7-10-15-19)20-16-11-8-12-17-20/h15,17-20,23-26H,3-14,16,21-22,27H2,1-2H3;7-12,14-17H,2-6,13,18H2,1H3. The van der Waals surface area contributed by atoms with Gasteiger partial charge in [0.2, 0.25) is 0 Å². The zero-order chi connectivity index (χ0) is 36.7. The molecule has 2 heteroatoms. The third-order valence-corrected chi connectivity index (χ3v) is 10.3. The van der Waals surface area contributed by atoms with Gasteiger partial charge in [-0.05, 0) is 73.7 Å². The van der Waals surface area contributed by atoms with Gasteiger partial charge in [0.15, 0.2) is 0 Å². The van der Waals surface area contributed by atoms with Crippen LogP contribution in [0.3, 0.4) is 0 Å². The second-order valence-corrected chi connectivity index (χ2v) is 14.7. The maximum absolute atomic E-state index is 2.57. The molecular formula is C50H74N2. The third-order valence-electron chi connectivity index (χ3n) is 10.3. The molecule has 2 nitrogen and oxygen atoms in total. The van der Waals surface area contributed by atoms with Gasteiger partial charge in [-0.2, -0.15) is 0 Å². The van der Waals surface area contributed by atoms with Gasteiger partial charge in [0.25, 0.3) is 0 Å². The fourth-order valence-electron chi connectivity index (χ4n) is 7.16. The van der Waals surface area contributed by atoms with E-state index in [2.05, 4.69) is 146 Å². The van der Waals surface area contributed by atoms with E-state index < -0.39 is 0 Å². The number of rotatable bonds is 27. The molecule has 0 aromatic heterocycles. The Morgan fingerprint density at radius 3 is 1.08 bits per heavy atom. The molecule has 0 bridgehead atoms. The number of para-hydroxylation sites is 4. The number of nitrogens with zero attached hydrogens (tertiary/aromatic N) is 2. The molecule has 4 aromatic rings. The minimum atomic E-state index is 1.10. The molecule has 0 saturated heterocycles. The molecule has 0 radical (unpaired) electrons. The first-order valence-electron chi connectivity index (χ1n) is 21.6. The summed E-state index contributed by atoms with van der Waals surface area (Å²) < 4.78 is 0. The first kappa shape index (κ1) is 42.9. The molecule has 0 fully saturated rings. The van der Waals surface area contributed by atoms with E-state index in [4.69, 9.17) is 0 Å². The van der Waals surface area contributed by atoms with Crippen LogP contribution in [0.2, 0.25) is 0 Å². The molecule has 0 heterocycles. The summed E-state index contributed by atoms with van der Waals surface area (Å²) in [6.45, 7) is 9.07. The van der Waals surface area contributed by atoms with Crippen LogP contribution in [0.15, 0.2) is 115 Å². The lowest BCUT2D eigenvalue weighted by Crippen LogP contribution is -2.20. The lowest BCUT2D eigenvalue weighted by molar-refractivity contribution is 0.587. The van der Waals surface area contributed by atoms with Gasteiger partial charge in [-0.25, -0.2) is 0 Å². The van der Waals surface area contributed by atoms with Crippen molar-refractivity contribution in [2.75, 3.05) is 22.9 Å². The Balaban J connectivity index is 0.000000302. The van der Waals surface area contributed by atoms with Crippen LogP contribution in [0, 0.1) is 0 Å². The molecule has 0 N–H and O–H groups in total. The normalized spacial score (nSPS) is 10.8. The number of hydrogen-bond donors (Lipinski definition) is 0. The van der Waals surface area contributed by atoms with E-state index in [1.807, 2.05) is 0 Å². The van der Waals surface area contributed by atoms with Crippen LogP contribution in [-0.4, -0.2) is 13.1 Å². The Morgan fingerprint density at radius 1 is 0.308 bits per heavy atom. The van der Waals surface area contributed by atoms with E-state index in [1.165, 1.54) is 163 Å². The summed E-state index contributed by atoms with van der Waals surface area (Å²) in [5.41, 5.74) is 6.85. The van der Waals surface area contributed by atoms with Crippen LogP contribution in [0.5, 0.6) is 0 Å². The summed E-state index contributed by atoms with van der Waals surface area (Å²) in [5.74, 6) is 0.